The van der Waals surface area contributed by atoms with Gasteiger partial charge in [-0.2, -0.15) is 0 Å². The first kappa shape index (κ1) is 13.8. The second kappa shape index (κ2) is 6.47. The van der Waals surface area contributed by atoms with E-state index in [2.05, 4.69) is 22.5 Å². The molecule has 1 rings (SSSR count). The lowest BCUT2D eigenvalue weighted by Gasteiger charge is -2.07. The summed E-state index contributed by atoms with van der Waals surface area (Å²) in [5.41, 5.74) is 0.760. The van der Waals surface area contributed by atoms with Gasteiger partial charge in [-0.3, -0.25) is 0 Å². The van der Waals surface area contributed by atoms with Crippen LogP contribution in [-0.4, -0.2) is 17.7 Å². The molecule has 3 nitrogen and oxygen atoms in total. The quantitative estimate of drug-likeness (QED) is 0.843. The fourth-order valence-electron chi connectivity index (χ4n) is 1.06. The predicted molar refractivity (Wildman–Crippen MR) is 71.3 cm³/mol. The molecule has 1 aromatic rings. The van der Waals surface area contributed by atoms with Crippen molar-refractivity contribution >= 4 is 39.6 Å². The zero-order valence-electron chi connectivity index (χ0n) is 8.82. The summed E-state index contributed by atoms with van der Waals surface area (Å²) in [6.07, 6.45) is 2.57. The number of benzene rings is 1. The summed E-state index contributed by atoms with van der Waals surface area (Å²) in [5.74, 6) is -0.362. The maximum atomic E-state index is 10.4. The average Bonchev–Trinajstić information content (AvgIpc) is 2.24. The number of aliphatic carboxylic acids is 1. The van der Waals surface area contributed by atoms with Crippen molar-refractivity contribution in [2.24, 2.45) is 0 Å². The van der Waals surface area contributed by atoms with Crippen molar-refractivity contribution in [3.63, 3.8) is 0 Å². The number of carboxylic acids is 1. The molecule has 1 aromatic carbocycles. The highest BCUT2D eigenvalue weighted by molar-refractivity contribution is 9.10. The van der Waals surface area contributed by atoms with Crippen molar-refractivity contribution < 1.29 is 14.6 Å². The number of hydrogen-bond acceptors (Lipinski definition) is 2. The van der Waals surface area contributed by atoms with E-state index >= 15 is 0 Å². The van der Waals surface area contributed by atoms with E-state index < -0.39 is 5.97 Å². The molecule has 0 spiro atoms. The SMILES string of the molecule is C=C(Cl)COc1ccc(/C=C/C(=O)O)cc1Br. The van der Waals surface area contributed by atoms with Gasteiger partial charge in [0.05, 0.1) is 4.47 Å². The third-order valence-electron chi connectivity index (χ3n) is 1.76. The number of carbonyl (C=O) groups is 1. The molecule has 0 saturated heterocycles. The average molecular weight is 318 g/mol. The van der Waals surface area contributed by atoms with Gasteiger partial charge in [-0.05, 0) is 39.7 Å². The molecule has 0 bridgehead atoms. The molecule has 0 amide bonds. The molecule has 0 radical (unpaired) electrons. The number of carboxylic acid groups (broad SMARTS) is 1. The Kier molecular flexibility index (Phi) is 5.25. The van der Waals surface area contributed by atoms with Crippen molar-refractivity contribution in [2.75, 3.05) is 6.61 Å². The molecule has 0 aliphatic rings. The summed E-state index contributed by atoms with van der Waals surface area (Å²) in [6.45, 7) is 3.74. The highest BCUT2D eigenvalue weighted by Gasteiger charge is 2.02. The highest BCUT2D eigenvalue weighted by Crippen LogP contribution is 2.27. The molecule has 0 aliphatic carbocycles. The van der Waals surface area contributed by atoms with Crippen molar-refractivity contribution in [3.05, 3.63) is 45.9 Å². The normalized spacial score (nSPS) is 10.5. The molecular weight excluding hydrogens is 307 g/mol. The Morgan fingerprint density at radius 1 is 1.59 bits per heavy atom. The number of ether oxygens (including phenoxy) is 1. The minimum absolute atomic E-state index is 0.227. The van der Waals surface area contributed by atoms with Crippen LogP contribution in [0.1, 0.15) is 5.56 Å². The molecule has 0 aromatic heterocycles. The molecule has 0 heterocycles. The lowest BCUT2D eigenvalue weighted by atomic mass is 10.2. The van der Waals surface area contributed by atoms with Crippen molar-refractivity contribution in [1.29, 1.82) is 0 Å². The van der Waals surface area contributed by atoms with Crippen molar-refractivity contribution in [2.45, 2.75) is 0 Å². The molecule has 0 unspecified atom stereocenters. The van der Waals surface area contributed by atoms with Gasteiger partial charge in [0, 0.05) is 11.1 Å². The van der Waals surface area contributed by atoms with E-state index in [1.165, 1.54) is 6.08 Å². The van der Waals surface area contributed by atoms with E-state index in [1.807, 2.05) is 0 Å². The van der Waals surface area contributed by atoms with Crippen LogP contribution in [0, 0.1) is 0 Å². The molecular formula is C12H10BrClO3. The van der Waals surface area contributed by atoms with Gasteiger partial charge in [0.15, 0.2) is 0 Å². The van der Waals surface area contributed by atoms with Gasteiger partial charge in [0.2, 0.25) is 0 Å². The van der Waals surface area contributed by atoms with Crippen LogP contribution >= 0.6 is 27.5 Å². The minimum atomic E-state index is -0.986. The van der Waals surface area contributed by atoms with Crippen LogP contribution in [-0.2, 0) is 4.79 Å². The summed E-state index contributed by atoms with van der Waals surface area (Å²) in [4.78, 5) is 10.4. The Balaban J connectivity index is 2.79. The molecule has 0 atom stereocenters. The van der Waals surface area contributed by atoms with E-state index in [9.17, 15) is 4.79 Å². The first-order valence-electron chi connectivity index (χ1n) is 4.65. The van der Waals surface area contributed by atoms with Gasteiger partial charge in [0.25, 0.3) is 0 Å². The number of halogens is 2. The first-order valence-corrected chi connectivity index (χ1v) is 5.83. The van der Waals surface area contributed by atoms with Crippen LogP contribution in [0.5, 0.6) is 5.75 Å². The monoisotopic (exact) mass is 316 g/mol. The van der Waals surface area contributed by atoms with Gasteiger partial charge in [-0.1, -0.05) is 24.2 Å². The Hall–Kier alpha value is -1.26. The molecule has 0 saturated carbocycles. The summed E-state index contributed by atoms with van der Waals surface area (Å²) < 4.78 is 6.08. The van der Waals surface area contributed by atoms with Crippen LogP contribution in [0.15, 0.2) is 40.4 Å². The smallest absolute Gasteiger partial charge is 0.328 e. The minimum Gasteiger partial charge on any atom is -0.487 e. The van der Waals surface area contributed by atoms with Crippen LogP contribution in [0.3, 0.4) is 0 Å². The van der Waals surface area contributed by atoms with E-state index in [-0.39, 0.29) is 6.61 Å². The van der Waals surface area contributed by atoms with Crippen molar-refractivity contribution in [3.8, 4) is 5.75 Å². The Morgan fingerprint density at radius 2 is 2.29 bits per heavy atom. The van der Waals surface area contributed by atoms with Gasteiger partial charge in [-0.25, -0.2) is 4.79 Å². The molecule has 5 heteroatoms. The number of rotatable bonds is 5. The summed E-state index contributed by atoms with van der Waals surface area (Å²) in [6, 6.07) is 5.23. The Morgan fingerprint density at radius 3 is 2.82 bits per heavy atom. The summed E-state index contributed by atoms with van der Waals surface area (Å²) >= 11 is 8.91. The van der Waals surface area contributed by atoms with E-state index in [1.54, 1.807) is 18.2 Å². The molecule has 1 N–H and O–H groups in total. The van der Waals surface area contributed by atoms with Crippen LogP contribution in [0.4, 0.5) is 0 Å². The fourth-order valence-corrected chi connectivity index (χ4v) is 1.63. The lowest BCUT2D eigenvalue weighted by molar-refractivity contribution is -0.131. The van der Waals surface area contributed by atoms with Crippen LogP contribution in [0.2, 0.25) is 0 Å². The Labute approximate surface area is 112 Å². The Bertz CT molecular complexity index is 469. The van der Waals surface area contributed by atoms with E-state index in [4.69, 9.17) is 21.4 Å². The standard InChI is InChI=1S/C12H10BrClO3/c1-8(14)7-17-11-4-2-9(6-10(11)13)3-5-12(15)16/h2-6H,1,7H2,(H,15,16)/b5-3+. The van der Waals surface area contributed by atoms with E-state index in [0.29, 0.717) is 10.8 Å². The van der Waals surface area contributed by atoms with Crippen molar-refractivity contribution in [1.82, 2.24) is 0 Å². The van der Waals surface area contributed by atoms with Gasteiger partial charge >= 0.3 is 5.97 Å². The molecule has 90 valence electrons. The maximum Gasteiger partial charge on any atom is 0.328 e. The van der Waals surface area contributed by atoms with Gasteiger partial charge in [0.1, 0.15) is 12.4 Å². The fraction of sp³-hybridized carbons (Fsp3) is 0.0833. The van der Waals surface area contributed by atoms with Gasteiger partial charge in [-0.15, -0.1) is 0 Å². The topological polar surface area (TPSA) is 46.5 Å². The third-order valence-corrected chi connectivity index (χ3v) is 2.49. The zero-order valence-corrected chi connectivity index (χ0v) is 11.2. The van der Waals surface area contributed by atoms with E-state index in [0.717, 1.165) is 16.1 Å². The second-order valence-electron chi connectivity index (χ2n) is 3.17. The van der Waals surface area contributed by atoms with Crippen LogP contribution < -0.4 is 4.74 Å². The summed E-state index contributed by atoms with van der Waals surface area (Å²) in [7, 11) is 0. The molecule has 0 fully saturated rings. The third kappa shape index (κ3) is 5.06. The zero-order chi connectivity index (χ0) is 12.8. The highest BCUT2D eigenvalue weighted by atomic mass is 79.9. The second-order valence-corrected chi connectivity index (χ2v) is 4.56. The number of hydrogen-bond donors (Lipinski definition) is 1. The maximum absolute atomic E-state index is 10.4. The molecule has 0 aliphatic heterocycles. The first-order chi connectivity index (χ1) is 7.99. The largest absolute Gasteiger partial charge is 0.487 e. The molecule has 17 heavy (non-hydrogen) atoms. The lowest BCUT2D eigenvalue weighted by Crippen LogP contribution is -1.97. The van der Waals surface area contributed by atoms with Gasteiger partial charge < -0.3 is 9.84 Å². The van der Waals surface area contributed by atoms with Crippen LogP contribution in [0.25, 0.3) is 6.08 Å². The predicted octanol–water partition coefficient (Wildman–Crippen LogP) is 3.68. The summed E-state index contributed by atoms with van der Waals surface area (Å²) in [5, 5.41) is 8.91.